The van der Waals surface area contributed by atoms with Crippen LogP contribution in [0.5, 0.6) is 0 Å². The summed E-state index contributed by atoms with van der Waals surface area (Å²) in [5.41, 5.74) is -0.127. The van der Waals surface area contributed by atoms with E-state index in [0.717, 1.165) is 19.5 Å². The average Bonchev–Trinajstić information content (AvgIpc) is 2.47. The van der Waals surface area contributed by atoms with Gasteiger partial charge in [-0.3, -0.25) is 4.79 Å². The Morgan fingerprint density at radius 2 is 2.06 bits per heavy atom. The van der Waals surface area contributed by atoms with Crippen molar-refractivity contribution < 1.29 is 9.90 Å². The number of carboxylic acids is 1. The molecule has 3 heteroatoms. The van der Waals surface area contributed by atoms with E-state index in [1.807, 2.05) is 6.92 Å². The maximum absolute atomic E-state index is 11.1. The van der Waals surface area contributed by atoms with Gasteiger partial charge in [-0.2, -0.15) is 0 Å². The van der Waals surface area contributed by atoms with Gasteiger partial charge in [-0.25, -0.2) is 0 Å². The van der Waals surface area contributed by atoms with Gasteiger partial charge in [-0.05, 0) is 44.7 Å². The van der Waals surface area contributed by atoms with Gasteiger partial charge in [-0.15, -0.1) is 0 Å². The largest absolute Gasteiger partial charge is 0.481 e. The zero-order chi connectivity index (χ0) is 12.4. The van der Waals surface area contributed by atoms with Crippen LogP contribution in [0, 0.1) is 10.8 Å². The summed E-state index contributed by atoms with van der Waals surface area (Å²) in [5.74, 6) is -0.647. The monoisotopic (exact) mass is 227 g/mol. The number of likely N-dealkylation sites (tertiary alicyclic amines) is 1. The summed E-state index contributed by atoms with van der Waals surface area (Å²) in [4.78, 5) is 13.4. The summed E-state index contributed by atoms with van der Waals surface area (Å²) in [6, 6.07) is 0. The van der Waals surface area contributed by atoms with E-state index in [1.54, 1.807) is 0 Å². The molecule has 1 atom stereocenters. The molecule has 1 rings (SSSR count). The number of hydrogen-bond donors (Lipinski definition) is 1. The van der Waals surface area contributed by atoms with Gasteiger partial charge < -0.3 is 10.0 Å². The van der Waals surface area contributed by atoms with E-state index < -0.39 is 11.4 Å². The number of nitrogens with zero attached hydrogens (tertiary/aromatic N) is 1. The summed E-state index contributed by atoms with van der Waals surface area (Å²) in [5, 5.41) is 9.12. The van der Waals surface area contributed by atoms with Gasteiger partial charge in [0.25, 0.3) is 0 Å². The Kier molecular flexibility index (Phi) is 4.00. The van der Waals surface area contributed by atoms with E-state index in [2.05, 4.69) is 25.7 Å². The molecule has 0 bridgehead atoms. The second kappa shape index (κ2) is 4.74. The van der Waals surface area contributed by atoms with Gasteiger partial charge in [0.15, 0.2) is 0 Å². The Labute approximate surface area is 98.8 Å². The van der Waals surface area contributed by atoms with Crippen LogP contribution in [0.2, 0.25) is 0 Å². The van der Waals surface area contributed by atoms with E-state index in [9.17, 15) is 4.79 Å². The van der Waals surface area contributed by atoms with Gasteiger partial charge in [0, 0.05) is 6.54 Å². The zero-order valence-corrected chi connectivity index (χ0v) is 11.0. The molecule has 16 heavy (non-hydrogen) atoms. The molecule has 0 saturated carbocycles. The highest BCUT2D eigenvalue weighted by Gasteiger charge is 2.39. The van der Waals surface area contributed by atoms with E-state index >= 15 is 0 Å². The highest BCUT2D eigenvalue weighted by molar-refractivity contribution is 5.74. The molecule has 1 saturated heterocycles. The molecule has 3 nitrogen and oxygen atoms in total. The Hall–Kier alpha value is -0.570. The van der Waals surface area contributed by atoms with Crippen molar-refractivity contribution in [3.05, 3.63) is 0 Å². The first-order valence-electron chi connectivity index (χ1n) is 6.19. The summed E-state index contributed by atoms with van der Waals surface area (Å²) in [7, 11) is 0. The van der Waals surface area contributed by atoms with Crippen LogP contribution in [0.1, 0.15) is 47.0 Å². The molecule has 1 N–H and O–H groups in total. The lowest BCUT2D eigenvalue weighted by atomic mass is 9.90. The van der Waals surface area contributed by atoms with E-state index in [4.69, 9.17) is 5.11 Å². The van der Waals surface area contributed by atoms with Crippen LogP contribution in [0.4, 0.5) is 0 Å². The van der Waals surface area contributed by atoms with Crippen molar-refractivity contribution in [1.29, 1.82) is 0 Å². The molecule has 0 amide bonds. The summed E-state index contributed by atoms with van der Waals surface area (Å²) in [6.45, 7) is 11.3. The maximum atomic E-state index is 11.1. The van der Waals surface area contributed by atoms with Crippen LogP contribution in [-0.2, 0) is 4.79 Å². The highest BCUT2D eigenvalue weighted by Crippen LogP contribution is 2.30. The number of carbonyl (C=O) groups is 1. The van der Waals surface area contributed by atoms with Gasteiger partial charge in [0.1, 0.15) is 0 Å². The predicted octanol–water partition coefficient (Wildman–Crippen LogP) is 2.61. The third-order valence-corrected chi connectivity index (χ3v) is 3.47. The molecular weight excluding hydrogens is 202 g/mol. The SMILES string of the molecule is CC(C)(C)CCCN1CCC(C)(C(=O)O)C1. The predicted molar refractivity (Wildman–Crippen MR) is 65.5 cm³/mol. The van der Waals surface area contributed by atoms with Crippen molar-refractivity contribution in [1.82, 2.24) is 4.90 Å². The Balaban J connectivity index is 2.30. The van der Waals surface area contributed by atoms with Crippen LogP contribution >= 0.6 is 0 Å². The first kappa shape index (κ1) is 13.5. The normalized spacial score (nSPS) is 27.2. The Bertz CT molecular complexity index is 257. The lowest BCUT2D eigenvalue weighted by Crippen LogP contribution is -2.32. The molecule has 1 heterocycles. The molecule has 0 aromatic rings. The lowest BCUT2D eigenvalue weighted by Gasteiger charge is -2.22. The van der Waals surface area contributed by atoms with Gasteiger partial charge in [-0.1, -0.05) is 20.8 Å². The quantitative estimate of drug-likeness (QED) is 0.802. The average molecular weight is 227 g/mol. The lowest BCUT2D eigenvalue weighted by molar-refractivity contribution is -0.147. The third-order valence-electron chi connectivity index (χ3n) is 3.47. The Morgan fingerprint density at radius 3 is 2.50 bits per heavy atom. The van der Waals surface area contributed by atoms with Crippen molar-refractivity contribution in [2.24, 2.45) is 10.8 Å². The van der Waals surface area contributed by atoms with Crippen LogP contribution in [0.25, 0.3) is 0 Å². The fourth-order valence-corrected chi connectivity index (χ4v) is 2.25. The number of hydrogen-bond acceptors (Lipinski definition) is 2. The minimum atomic E-state index is -0.647. The van der Waals surface area contributed by atoms with Crippen molar-refractivity contribution in [3.63, 3.8) is 0 Å². The van der Waals surface area contributed by atoms with Crippen molar-refractivity contribution in [3.8, 4) is 0 Å². The number of carboxylic acid groups (broad SMARTS) is 1. The van der Waals surface area contributed by atoms with Crippen molar-refractivity contribution >= 4 is 5.97 Å². The van der Waals surface area contributed by atoms with Crippen LogP contribution in [-0.4, -0.2) is 35.6 Å². The van der Waals surface area contributed by atoms with Crippen molar-refractivity contribution in [2.45, 2.75) is 47.0 Å². The van der Waals surface area contributed by atoms with E-state index in [-0.39, 0.29) is 0 Å². The number of aliphatic carboxylic acids is 1. The standard InChI is InChI=1S/C13H25NO2/c1-12(2,3)6-5-8-14-9-7-13(4,10-14)11(15)16/h5-10H2,1-4H3,(H,15,16). The molecule has 0 aromatic carbocycles. The molecule has 94 valence electrons. The molecule has 0 radical (unpaired) electrons. The second-order valence-corrected chi connectivity index (χ2v) is 6.56. The minimum Gasteiger partial charge on any atom is -0.481 e. The third kappa shape index (κ3) is 3.78. The fourth-order valence-electron chi connectivity index (χ4n) is 2.25. The minimum absolute atomic E-state index is 0.385. The smallest absolute Gasteiger partial charge is 0.310 e. The Morgan fingerprint density at radius 1 is 1.44 bits per heavy atom. The molecule has 0 aliphatic carbocycles. The van der Waals surface area contributed by atoms with Gasteiger partial charge in [0.2, 0.25) is 0 Å². The molecule has 1 aliphatic rings. The molecule has 1 aliphatic heterocycles. The molecule has 0 spiro atoms. The van der Waals surface area contributed by atoms with Crippen LogP contribution in [0.15, 0.2) is 0 Å². The summed E-state index contributed by atoms with van der Waals surface area (Å²) >= 11 is 0. The van der Waals surface area contributed by atoms with Crippen LogP contribution in [0.3, 0.4) is 0 Å². The first-order chi connectivity index (χ1) is 7.23. The maximum Gasteiger partial charge on any atom is 0.310 e. The summed E-state index contributed by atoms with van der Waals surface area (Å²) < 4.78 is 0. The summed E-state index contributed by atoms with van der Waals surface area (Å²) in [6.07, 6.45) is 3.16. The molecule has 1 fully saturated rings. The van der Waals surface area contributed by atoms with E-state index in [1.165, 1.54) is 12.8 Å². The van der Waals surface area contributed by atoms with Crippen molar-refractivity contribution in [2.75, 3.05) is 19.6 Å². The van der Waals surface area contributed by atoms with Crippen LogP contribution < -0.4 is 0 Å². The zero-order valence-electron chi connectivity index (χ0n) is 11.0. The topological polar surface area (TPSA) is 40.5 Å². The van der Waals surface area contributed by atoms with Gasteiger partial charge in [0.05, 0.1) is 5.41 Å². The number of rotatable bonds is 4. The molecule has 0 aromatic heterocycles. The fraction of sp³-hybridized carbons (Fsp3) is 0.923. The first-order valence-corrected chi connectivity index (χ1v) is 6.19. The highest BCUT2D eigenvalue weighted by atomic mass is 16.4. The van der Waals surface area contributed by atoms with Gasteiger partial charge >= 0.3 is 5.97 Å². The molecule has 1 unspecified atom stereocenters. The second-order valence-electron chi connectivity index (χ2n) is 6.56. The molecular formula is C13H25NO2. The van der Waals surface area contributed by atoms with E-state index in [0.29, 0.717) is 12.0 Å².